The number of hydrogen-bond acceptors (Lipinski definition) is 4. The molecule has 0 atom stereocenters. The second-order valence-electron chi connectivity index (χ2n) is 4.54. The molecule has 2 saturated heterocycles. The minimum absolute atomic E-state index is 0.663. The molecule has 2 fully saturated rings. The summed E-state index contributed by atoms with van der Waals surface area (Å²) in [7, 11) is 0. The van der Waals surface area contributed by atoms with E-state index in [1.807, 2.05) is 12.1 Å². The molecule has 0 unspecified atom stereocenters. The monoisotopic (exact) mass is 253 g/mol. The summed E-state index contributed by atoms with van der Waals surface area (Å²) in [6, 6.07) is 4.54. The van der Waals surface area contributed by atoms with Crippen LogP contribution < -0.4 is 4.90 Å². The van der Waals surface area contributed by atoms with Crippen LogP contribution in [0.3, 0.4) is 0 Å². The molecular weight excluding hydrogens is 238 g/mol. The molecule has 1 aromatic rings. The standard InChI is InChI=1S/C12H16ClN3O/c13-10-1-2-12(14-7-10)16-8-11(9-16)15-3-5-17-6-4-15/h1-2,7,11H,3-6,8-9H2. The van der Waals surface area contributed by atoms with Crippen LogP contribution in [0.15, 0.2) is 18.3 Å². The lowest BCUT2D eigenvalue weighted by molar-refractivity contribution is 0.0104. The number of rotatable bonds is 2. The van der Waals surface area contributed by atoms with E-state index in [4.69, 9.17) is 16.3 Å². The quantitative estimate of drug-likeness (QED) is 0.793. The third-order valence-electron chi connectivity index (χ3n) is 3.46. The highest BCUT2D eigenvalue weighted by molar-refractivity contribution is 6.30. The zero-order valence-corrected chi connectivity index (χ0v) is 10.4. The van der Waals surface area contributed by atoms with Crippen LogP contribution in [0.4, 0.5) is 5.82 Å². The molecule has 0 amide bonds. The third kappa shape index (κ3) is 2.39. The van der Waals surface area contributed by atoms with Crippen molar-refractivity contribution in [3.8, 4) is 0 Å². The van der Waals surface area contributed by atoms with Gasteiger partial charge < -0.3 is 9.64 Å². The van der Waals surface area contributed by atoms with E-state index in [9.17, 15) is 0 Å². The Kier molecular flexibility index (Phi) is 3.18. The van der Waals surface area contributed by atoms with Gasteiger partial charge in [0, 0.05) is 38.4 Å². The summed E-state index contributed by atoms with van der Waals surface area (Å²) in [4.78, 5) is 9.13. The molecule has 4 nitrogen and oxygen atoms in total. The number of ether oxygens (including phenoxy) is 1. The first-order chi connectivity index (χ1) is 8.33. The van der Waals surface area contributed by atoms with Crippen LogP contribution in [0, 0.1) is 0 Å². The molecule has 92 valence electrons. The molecule has 0 aliphatic carbocycles. The maximum atomic E-state index is 5.82. The highest BCUT2D eigenvalue weighted by Crippen LogP contribution is 2.23. The molecule has 0 aromatic carbocycles. The number of nitrogens with zero attached hydrogens (tertiary/aromatic N) is 3. The molecule has 0 spiro atoms. The fourth-order valence-corrected chi connectivity index (χ4v) is 2.48. The molecular formula is C12H16ClN3O. The molecule has 3 rings (SSSR count). The van der Waals surface area contributed by atoms with Crippen LogP contribution >= 0.6 is 11.6 Å². The zero-order chi connectivity index (χ0) is 11.7. The summed E-state index contributed by atoms with van der Waals surface area (Å²) in [6.07, 6.45) is 1.71. The van der Waals surface area contributed by atoms with Crippen molar-refractivity contribution in [2.45, 2.75) is 6.04 Å². The summed E-state index contributed by atoms with van der Waals surface area (Å²) >= 11 is 5.82. The van der Waals surface area contributed by atoms with Gasteiger partial charge in [-0.1, -0.05) is 11.6 Å². The summed E-state index contributed by atoms with van der Waals surface area (Å²) in [6.45, 7) is 5.99. The van der Waals surface area contributed by atoms with Gasteiger partial charge in [-0.15, -0.1) is 0 Å². The van der Waals surface area contributed by atoms with Gasteiger partial charge in [0.25, 0.3) is 0 Å². The molecule has 3 heterocycles. The molecule has 1 aromatic heterocycles. The Balaban J connectivity index is 1.55. The number of pyridine rings is 1. The minimum Gasteiger partial charge on any atom is -0.379 e. The van der Waals surface area contributed by atoms with Gasteiger partial charge in [0.15, 0.2) is 0 Å². The topological polar surface area (TPSA) is 28.6 Å². The van der Waals surface area contributed by atoms with Gasteiger partial charge in [-0.25, -0.2) is 4.98 Å². The lowest BCUT2D eigenvalue weighted by Crippen LogP contribution is -2.61. The maximum absolute atomic E-state index is 5.82. The van der Waals surface area contributed by atoms with Gasteiger partial charge in [0.05, 0.1) is 18.2 Å². The first-order valence-corrected chi connectivity index (χ1v) is 6.39. The van der Waals surface area contributed by atoms with Crippen molar-refractivity contribution in [1.82, 2.24) is 9.88 Å². The predicted molar refractivity (Wildman–Crippen MR) is 67.6 cm³/mol. The van der Waals surface area contributed by atoms with E-state index in [0.29, 0.717) is 11.1 Å². The fraction of sp³-hybridized carbons (Fsp3) is 0.583. The van der Waals surface area contributed by atoms with Gasteiger partial charge >= 0.3 is 0 Å². The van der Waals surface area contributed by atoms with E-state index >= 15 is 0 Å². The highest BCUT2D eigenvalue weighted by atomic mass is 35.5. The average Bonchev–Trinajstić information content (AvgIpc) is 2.31. The number of aromatic nitrogens is 1. The first kappa shape index (κ1) is 11.3. The Labute approximate surface area is 106 Å². The third-order valence-corrected chi connectivity index (χ3v) is 3.68. The van der Waals surface area contributed by atoms with Crippen LogP contribution in [0.1, 0.15) is 0 Å². The number of anilines is 1. The molecule has 0 N–H and O–H groups in total. The van der Waals surface area contributed by atoms with Gasteiger partial charge in [0.2, 0.25) is 0 Å². The Bertz CT molecular complexity index is 372. The van der Waals surface area contributed by atoms with Gasteiger partial charge in [-0.3, -0.25) is 4.90 Å². The predicted octanol–water partition coefficient (Wildman–Crippen LogP) is 1.26. The van der Waals surface area contributed by atoms with Crippen LogP contribution in [0.25, 0.3) is 0 Å². The number of hydrogen-bond donors (Lipinski definition) is 0. The van der Waals surface area contributed by atoms with Crippen LogP contribution in [-0.4, -0.2) is 55.3 Å². The SMILES string of the molecule is Clc1ccc(N2CC(N3CCOCC3)C2)nc1. The zero-order valence-electron chi connectivity index (χ0n) is 9.68. The molecule has 5 heteroatoms. The molecule has 0 saturated carbocycles. The summed E-state index contributed by atoms with van der Waals surface area (Å²) in [5.74, 6) is 1.03. The number of morpholine rings is 1. The molecule has 0 bridgehead atoms. The molecule has 17 heavy (non-hydrogen) atoms. The van der Waals surface area contributed by atoms with E-state index in [1.54, 1.807) is 6.20 Å². The van der Waals surface area contributed by atoms with Crippen molar-refractivity contribution in [1.29, 1.82) is 0 Å². The van der Waals surface area contributed by atoms with Crippen LogP contribution in [0.5, 0.6) is 0 Å². The van der Waals surface area contributed by atoms with E-state index in [0.717, 1.165) is 45.2 Å². The maximum Gasteiger partial charge on any atom is 0.128 e. The Hall–Kier alpha value is -0.840. The van der Waals surface area contributed by atoms with Crippen molar-refractivity contribution in [2.24, 2.45) is 0 Å². The van der Waals surface area contributed by atoms with Gasteiger partial charge in [-0.2, -0.15) is 0 Å². The van der Waals surface area contributed by atoms with Crippen molar-refractivity contribution >= 4 is 17.4 Å². The van der Waals surface area contributed by atoms with E-state index in [-0.39, 0.29) is 0 Å². The molecule has 2 aliphatic rings. The largest absolute Gasteiger partial charge is 0.379 e. The summed E-state index contributed by atoms with van der Waals surface area (Å²) in [5, 5.41) is 0.694. The smallest absolute Gasteiger partial charge is 0.128 e. The fourth-order valence-electron chi connectivity index (χ4n) is 2.37. The second-order valence-corrected chi connectivity index (χ2v) is 4.98. The van der Waals surface area contributed by atoms with Crippen LogP contribution in [0.2, 0.25) is 5.02 Å². The van der Waals surface area contributed by atoms with Crippen molar-refractivity contribution in [3.05, 3.63) is 23.4 Å². The van der Waals surface area contributed by atoms with Gasteiger partial charge in [0.1, 0.15) is 5.82 Å². The Morgan fingerprint density at radius 2 is 2.00 bits per heavy atom. The van der Waals surface area contributed by atoms with E-state index in [1.165, 1.54) is 0 Å². The van der Waals surface area contributed by atoms with E-state index in [2.05, 4.69) is 14.8 Å². The lowest BCUT2D eigenvalue weighted by Gasteiger charge is -2.47. The highest BCUT2D eigenvalue weighted by Gasteiger charge is 2.33. The van der Waals surface area contributed by atoms with Crippen LogP contribution in [-0.2, 0) is 4.74 Å². The van der Waals surface area contributed by atoms with Crippen molar-refractivity contribution in [3.63, 3.8) is 0 Å². The molecule has 0 radical (unpaired) electrons. The summed E-state index contributed by atoms with van der Waals surface area (Å²) < 4.78 is 5.36. The molecule has 2 aliphatic heterocycles. The van der Waals surface area contributed by atoms with Crippen molar-refractivity contribution < 1.29 is 4.74 Å². The average molecular weight is 254 g/mol. The normalized spacial score (nSPS) is 22.5. The second kappa shape index (κ2) is 4.80. The van der Waals surface area contributed by atoms with Gasteiger partial charge in [-0.05, 0) is 12.1 Å². The first-order valence-electron chi connectivity index (χ1n) is 6.01. The van der Waals surface area contributed by atoms with Crippen molar-refractivity contribution in [2.75, 3.05) is 44.3 Å². The minimum atomic E-state index is 0.663. The number of halogens is 1. The van der Waals surface area contributed by atoms with E-state index < -0.39 is 0 Å². The Morgan fingerprint density at radius 3 is 2.65 bits per heavy atom. The lowest BCUT2D eigenvalue weighted by atomic mass is 10.1. The summed E-state index contributed by atoms with van der Waals surface area (Å²) in [5.41, 5.74) is 0. The Morgan fingerprint density at radius 1 is 1.24 bits per heavy atom.